The Hall–Kier alpha value is -2.78. The lowest BCUT2D eigenvalue weighted by atomic mass is 9.77. The third-order valence-electron chi connectivity index (χ3n) is 10.8. The van der Waals surface area contributed by atoms with E-state index in [1.54, 1.807) is 0 Å². The maximum absolute atomic E-state index is 14.6. The monoisotopic (exact) mass is 696 g/mol. The maximum Gasteiger partial charge on any atom is 0.315 e. The highest BCUT2D eigenvalue weighted by molar-refractivity contribution is 7.88. The first kappa shape index (κ1) is 38.0. The first-order valence-electron chi connectivity index (χ1n) is 17.3. The number of likely N-dealkylation sites (N-methyl/N-ethyl adjacent to an activating group) is 1. The Balaban J connectivity index is 1.61. The van der Waals surface area contributed by atoms with Crippen LogP contribution in [0.4, 0.5) is 4.79 Å². The number of primary amides is 1. The molecule has 0 aromatic heterocycles. The molecule has 4 aliphatic rings. The Morgan fingerprint density at radius 2 is 1.52 bits per heavy atom. The maximum atomic E-state index is 14.6. The molecule has 2 saturated carbocycles. The zero-order valence-corrected chi connectivity index (χ0v) is 30.4. The van der Waals surface area contributed by atoms with Crippen molar-refractivity contribution in [2.75, 3.05) is 26.4 Å². The number of hydrogen-bond acceptors (Lipinski definition) is 8. The summed E-state index contributed by atoms with van der Waals surface area (Å²) in [4.78, 5) is 68.6. The van der Waals surface area contributed by atoms with Crippen LogP contribution < -0.4 is 21.7 Å². The van der Waals surface area contributed by atoms with Gasteiger partial charge in [-0.1, -0.05) is 46.5 Å². The minimum atomic E-state index is -3.51. The summed E-state index contributed by atoms with van der Waals surface area (Å²) < 4.78 is 31.8. The number of ether oxygens (including phenoxy) is 1. The van der Waals surface area contributed by atoms with Crippen LogP contribution in [0, 0.1) is 23.2 Å². The summed E-state index contributed by atoms with van der Waals surface area (Å²) in [6.45, 7) is 9.73. The Morgan fingerprint density at radius 3 is 2.04 bits per heavy atom. The van der Waals surface area contributed by atoms with Crippen LogP contribution in [0.25, 0.3) is 0 Å². The van der Waals surface area contributed by atoms with E-state index in [4.69, 9.17) is 10.5 Å². The molecule has 15 heteroatoms. The molecule has 4 rings (SSSR count). The number of likely N-dealkylation sites (tertiary alicyclic amines) is 1. The van der Waals surface area contributed by atoms with Crippen LogP contribution >= 0.6 is 0 Å². The number of hydrogen-bond donors (Lipinski definition) is 4. The van der Waals surface area contributed by atoms with E-state index in [0.29, 0.717) is 32.1 Å². The largest absolute Gasteiger partial charge is 0.370 e. The molecule has 5 N–H and O–H groups in total. The number of carbonyl (C=O) groups excluding carboxylic acids is 5. The molecule has 0 spiro atoms. The topological polar surface area (TPSA) is 197 Å². The smallest absolute Gasteiger partial charge is 0.315 e. The number of sulfonamides is 1. The Labute approximate surface area is 285 Å². The van der Waals surface area contributed by atoms with E-state index in [1.807, 2.05) is 34.6 Å². The fourth-order valence-corrected chi connectivity index (χ4v) is 8.11. The summed E-state index contributed by atoms with van der Waals surface area (Å²) in [7, 11) is -2.06. The van der Waals surface area contributed by atoms with Gasteiger partial charge in [0, 0.05) is 32.1 Å². The molecular weight excluding hydrogens is 640 g/mol. The van der Waals surface area contributed by atoms with Gasteiger partial charge >= 0.3 is 6.03 Å². The molecule has 48 heavy (non-hydrogen) atoms. The van der Waals surface area contributed by atoms with Gasteiger partial charge in [0.25, 0.3) is 5.91 Å². The molecule has 0 aromatic carbocycles. The van der Waals surface area contributed by atoms with Gasteiger partial charge in [0.05, 0.1) is 18.0 Å². The van der Waals surface area contributed by atoms with Crippen molar-refractivity contribution in [3.05, 3.63) is 0 Å². The van der Waals surface area contributed by atoms with Crippen molar-refractivity contribution in [3.8, 4) is 0 Å². The molecule has 0 bridgehead atoms. The molecule has 0 aromatic rings. The van der Waals surface area contributed by atoms with Crippen LogP contribution in [-0.4, -0.2) is 109 Å². The van der Waals surface area contributed by atoms with Gasteiger partial charge in [0.2, 0.25) is 27.6 Å². The summed E-state index contributed by atoms with van der Waals surface area (Å²) in [6, 6.07) is -4.17. The van der Waals surface area contributed by atoms with Crippen molar-refractivity contribution >= 4 is 39.6 Å². The Morgan fingerprint density at radius 1 is 0.938 bits per heavy atom. The van der Waals surface area contributed by atoms with Crippen LogP contribution in [0.5, 0.6) is 0 Å². The molecule has 1 unspecified atom stereocenters. The number of amides is 5. The van der Waals surface area contributed by atoms with E-state index in [1.165, 1.54) is 16.3 Å². The normalized spacial score (nSPS) is 26.6. The first-order valence-corrected chi connectivity index (χ1v) is 19.1. The standard InChI is InChI=1S/C33H56N6O8S/c1-32(2,3)23(18-38(6)48(7,45)46)35-31(44)37-25(20-12-9-8-10-13-20)30(43)39-17-22-21(16-33(4,5)47-22)26(39)29(42)36-24(19-14-11-15-19)27(40)28(34)41/h19-26H,8-18H2,1-7H3,(H2,34,41)(H,36,42)(H2,35,37,44)/t21-,22-,23+,24?,25-,26-/m0/s1. The van der Waals surface area contributed by atoms with Crippen molar-refractivity contribution in [2.24, 2.45) is 28.9 Å². The predicted molar refractivity (Wildman–Crippen MR) is 179 cm³/mol. The highest BCUT2D eigenvalue weighted by atomic mass is 32.2. The number of ketones is 1. The van der Waals surface area contributed by atoms with E-state index in [9.17, 15) is 32.4 Å². The lowest BCUT2D eigenvalue weighted by Gasteiger charge is -2.38. The van der Waals surface area contributed by atoms with Gasteiger partial charge in [-0.2, -0.15) is 0 Å². The zero-order chi connectivity index (χ0) is 35.8. The van der Waals surface area contributed by atoms with E-state index in [0.717, 1.165) is 31.9 Å². The number of nitrogens with zero attached hydrogens (tertiary/aromatic N) is 2. The van der Waals surface area contributed by atoms with Gasteiger partial charge < -0.3 is 31.3 Å². The molecule has 6 atom stereocenters. The second-order valence-electron chi connectivity index (χ2n) is 16.1. The summed E-state index contributed by atoms with van der Waals surface area (Å²) in [5, 5.41) is 8.66. The minimum absolute atomic E-state index is 0.0365. The number of carbonyl (C=O) groups is 5. The van der Waals surface area contributed by atoms with Crippen molar-refractivity contribution in [2.45, 2.75) is 128 Å². The van der Waals surface area contributed by atoms with Crippen molar-refractivity contribution < 1.29 is 37.1 Å². The molecule has 14 nitrogen and oxygen atoms in total. The van der Waals surface area contributed by atoms with E-state index in [-0.39, 0.29) is 30.8 Å². The molecular formula is C33H56N6O8S. The quantitative estimate of drug-likeness (QED) is 0.219. The number of rotatable bonds is 12. The van der Waals surface area contributed by atoms with Gasteiger partial charge in [-0.3, -0.25) is 19.2 Å². The fourth-order valence-electron chi connectivity index (χ4n) is 7.69. The molecule has 0 radical (unpaired) electrons. The third kappa shape index (κ3) is 8.87. The fraction of sp³-hybridized carbons (Fsp3) is 0.848. The van der Waals surface area contributed by atoms with E-state index < -0.39 is 80.8 Å². The van der Waals surface area contributed by atoms with Crippen LogP contribution in [0.1, 0.15) is 92.4 Å². The summed E-state index contributed by atoms with van der Waals surface area (Å²) in [5.41, 5.74) is 4.31. The highest BCUT2D eigenvalue weighted by Gasteiger charge is 2.57. The van der Waals surface area contributed by atoms with Gasteiger partial charge in [0.15, 0.2) is 0 Å². The minimum Gasteiger partial charge on any atom is -0.370 e. The number of fused-ring (bicyclic) bond motifs is 1. The molecule has 2 saturated heterocycles. The number of Topliss-reactive ketones (excluding diaryl/α,β-unsaturated/α-hetero) is 1. The van der Waals surface area contributed by atoms with Crippen molar-refractivity contribution in [1.82, 2.24) is 25.2 Å². The van der Waals surface area contributed by atoms with Crippen molar-refractivity contribution in [3.63, 3.8) is 0 Å². The molecule has 4 fully saturated rings. The average Bonchev–Trinajstić information content (AvgIpc) is 3.44. The van der Waals surface area contributed by atoms with Gasteiger partial charge in [0.1, 0.15) is 18.1 Å². The summed E-state index contributed by atoms with van der Waals surface area (Å²) in [6.07, 6.45) is 7.65. The van der Waals surface area contributed by atoms with Crippen molar-refractivity contribution in [1.29, 1.82) is 0 Å². The molecule has 2 aliphatic carbocycles. The Kier molecular flexibility index (Phi) is 11.6. The summed E-state index contributed by atoms with van der Waals surface area (Å²) >= 11 is 0. The van der Waals surface area contributed by atoms with Gasteiger partial charge in [-0.25, -0.2) is 17.5 Å². The second kappa shape index (κ2) is 14.6. The van der Waals surface area contributed by atoms with Crippen LogP contribution in [0.2, 0.25) is 0 Å². The number of urea groups is 1. The lowest BCUT2D eigenvalue weighted by Crippen LogP contribution is -2.62. The van der Waals surface area contributed by atoms with Gasteiger partial charge in [-0.05, 0) is 63.2 Å². The average molecular weight is 697 g/mol. The molecule has 2 aliphatic heterocycles. The lowest BCUT2D eigenvalue weighted by molar-refractivity contribution is -0.145. The highest BCUT2D eigenvalue weighted by Crippen LogP contribution is 2.44. The van der Waals surface area contributed by atoms with Gasteiger partial charge in [-0.15, -0.1) is 0 Å². The second-order valence-corrected chi connectivity index (χ2v) is 18.2. The van der Waals surface area contributed by atoms with E-state index in [2.05, 4.69) is 16.0 Å². The molecule has 5 amide bonds. The SMILES string of the molecule is CN(C[C@@H](NC(=O)N[C@H](C(=O)N1C[C@@H]2OC(C)(C)C[C@@H]2[C@H]1C(=O)NC(C(=O)C(N)=O)C1CCC1)C1CCCCC1)C(C)(C)C)S(C)(=O)=O. The predicted octanol–water partition coefficient (Wildman–Crippen LogP) is 1.27. The number of nitrogens with two attached hydrogens (primary N) is 1. The number of nitrogens with one attached hydrogen (secondary N) is 3. The molecule has 272 valence electrons. The third-order valence-corrected chi connectivity index (χ3v) is 12.1. The van der Waals surface area contributed by atoms with Crippen LogP contribution in [-0.2, 0) is 33.9 Å². The van der Waals surface area contributed by atoms with Crippen LogP contribution in [0.3, 0.4) is 0 Å². The van der Waals surface area contributed by atoms with E-state index >= 15 is 0 Å². The molecule has 2 heterocycles. The zero-order valence-electron chi connectivity index (χ0n) is 29.5. The summed E-state index contributed by atoms with van der Waals surface area (Å²) in [5.74, 6) is -3.64. The van der Waals surface area contributed by atoms with Crippen LogP contribution in [0.15, 0.2) is 0 Å². The first-order chi connectivity index (χ1) is 22.2. The Bertz CT molecular complexity index is 1350.